The number of hydrogen-bond acceptors (Lipinski definition) is 3. The van der Waals surface area contributed by atoms with E-state index in [0.29, 0.717) is 19.3 Å². The molecule has 1 heterocycles. The zero-order valence-corrected chi connectivity index (χ0v) is 9.02. The molecule has 1 aromatic rings. The summed E-state index contributed by atoms with van der Waals surface area (Å²) in [7, 11) is 0. The Morgan fingerprint density at radius 3 is 2.69 bits per heavy atom. The van der Waals surface area contributed by atoms with Gasteiger partial charge in [-0.05, 0) is 12.8 Å². The summed E-state index contributed by atoms with van der Waals surface area (Å²) in [5.74, 6) is -0.0271. The molecule has 3 nitrogen and oxygen atoms in total. The highest BCUT2D eigenvalue weighted by atomic mass is 16.5. The Balaban J connectivity index is 1.82. The van der Waals surface area contributed by atoms with Crippen molar-refractivity contribution in [2.24, 2.45) is 0 Å². The summed E-state index contributed by atoms with van der Waals surface area (Å²) in [6.07, 6.45) is 2.27. The van der Waals surface area contributed by atoms with Gasteiger partial charge in [-0.2, -0.15) is 0 Å². The van der Waals surface area contributed by atoms with E-state index >= 15 is 0 Å². The third-order valence-corrected chi connectivity index (χ3v) is 2.76. The van der Waals surface area contributed by atoms with E-state index in [1.165, 1.54) is 0 Å². The maximum atomic E-state index is 11.7. The molecular weight excluding hydrogens is 204 g/mol. The third-order valence-electron chi connectivity index (χ3n) is 2.76. The Morgan fingerprint density at radius 1 is 1.31 bits per heavy atom. The molecule has 84 valence electrons. The van der Waals surface area contributed by atoms with Crippen molar-refractivity contribution in [1.82, 2.24) is 0 Å². The van der Waals surface area contributed by atoms with Crippen molar-refractivity contribution in [2.75, 3.05) is 0 Å². The molecule has 1 fully saturated rings. The minimum absolute atomic E-state index is 0.0554. The van der Waals surface area contributed by atoms with Crippen LogP contribution >= 0.6 is 0 Å². The SMILES string of the molecule is O=C1CCC(CCC(=O)c2ccccc2)O1. The number of cyclic esters (lactones) is 1. The van der Waals surface area contributed by atoms with Gasteiger partial charge in [0.15, 0.2) is 5.78 Å². The summed E-state index contributed by atoms with van der Waals surface area (Å²) in [5, 5.41) is 0. The van der Waals surface area contributed by atoms with E-state index < -0.39 is 0 Å². The van der Waals surface area contributed by atoms with Crippen molar-refractivity contribution in [3.8, 4) is 0 Å². The van der Waals surface area contributed by atoms with E-state index in [0.717, 1.165) is 12.0 Å². The molecule has 0 aromatic heterocycles. The van der Waals surface area contributed by atoms with Crippen LogP contribution in [0.5, 0.6) is 0 Å². The van der Waals surface area contributed by atoms with Gasteiger partial charge in [-0.25, -0.2) is 0 Å². The summed E-state index contributed by atoms with van der Waals surface area (Å²) in [5.41, 5.74) is 0.729. The number of rotatable bonds is 4. The molecule has 1 unspecified atom stereocenters. The lowest BCUT2D eigenvalue weighted by Gasteiger charge is -2.07. The summed E-state index contributed by atoms with van der Waals surface area (Å²) >= 11 is 0. The van der Waals surface area contributed by atoms with Gasteiger partial charge in [0.25, 0.3) is 0 Å². The van der Waals surface area contributed by atoms with Crippen LogP contribution in [0.15, 0.2) is 30.3 Å². The lowest BCUT2D eigenvalue weighted by Crippen LogP contribution is -2.10. The maximum absolute atomic E-state index is 11.7. The molecule has 0 spiro atoms. The van der Waals surface area contributed by atoms with E-state index in [4.69, 9.17) is 4.74 Å². The van der Waals surface area contributed by atoms with Crippen molar-refractivity contribution in [3.05, 3.63) is 35.9 Å². The Morgan fingerprint density at radius 2 is 2.06 bits per heavy atom. The fourth-order valence-corrected chi connectivity index (χ4v) is 1.85. The van der Waals surface area contributed by atoms with E-state index in [1.54, 1.807) is 0 Å². The molecular formula is C13H14O3. The molecule has 0 bridgehead atoms. The Hall–Kier alpha value is -1.64. The molecule has 0 amide bonds. The second-order valence-electron chi connectivity index (χ2n) is 3.98. The number of ketones is 1. The Labute approximate surface area is 94.4 Å². The van der Waals surface area contributed by atoms with Gasteiger partial charge in [0, 0.05) is 18.4 Å². The molecule has 1 saturated heterocycles. The number of esters is 1. The molecule has 0 radical (unpaired) electrons. The van der Waals surface area contributed by atoms with Gasteiger partial charge in [0.2, 0.25) is 0 Å². The predicted molar refractivity (Wildman–Crippen MR) is 59.1 cm³/mol. The number of carbonyl (C=O) groups excluding carboxylic acids is 2. The molecule has 1 aromatic carbocycles. The predicted octanol–water partition coefficient (Wildman–Crippen LogP) is 2.36. The van der Waals surface area contributed by atoms with E-state index in [-0.39, 0.29) is 17.9 Å². The summed E-state index contributed by atoms with van der Waals surface area (Å²) in [6.45, 7) is 0. The van der Waals surface area contributed by atoms with E-state index in [1.807, 2.05) is 30.3 Å². The Bertz CT molecular complexity index is 383. The van der Waals surface area contributed by atoms with Gasteiger partial charge in [-0.1, -0.05) is 30.3 Å². The van der Waals surface area contributed by atoms with Crippen LogP contribution in [0.3, 0.4) is 0 Å². The summed E-state index contributed by atoms with van der Waals surface area (Å²) < 4.78 is 5.06. The maximum Gasteiger partial charge on any atom is 0.306 e. The van der Waals surface area contributed by atoms with Gasteiger partial charge >= 0.3 is 5.97 Å². The first-order valence-electron chi connectivity index (χ1n) is 5.53. The smallest absolute Gasteiger partial charge is 0.306 e. The lowest BCUT2D eigenvalue weighted by molar-refractivity contribution is -0.141. The fraction of sp³-hybridized carbons (Fsp3) is 0.385. The van der Waals surface area contributed by atoms with Crippen LogP contribution in [-0.2, 0) is 9.53 Å². The first kappa shape index (κ1) is 10.9. The molecule has 1 atom stereocenters. The zero-order chi connectivity index (χ0) is 11.4. The van der Waals surface area contributed by atoms with Crippen LogP contribution in [0.1, 0.15) is 36.0 Å². The fourth-order valence-electron chi connectivity index (χ4n) is 1.85. The summed E-state index contributed by atoms with van der Waals surface area (Å²) in [4.78, 5) is 22.6. The van der Waals surface area contributed by atoms with Crippen molar-refractivity contribution in [3.63, 3.8) is 0 Å². The van der Waals surface area contributed by atoms with Crippen LogP contribution in [0.25, 0.3) is 0 Å². The van der Waals surface area contributed by atoms with Gasteiger partial charge in [0.05, 0.1) is 0 Å². The molecule has 1 aliphatic heterocycles. The van der Waals surface area contributed by atoms with Crippen LogP contribution in [0.4, 0.5) is 0 Å². The van der Waals surface area contributed by atoms with Gasteiger partial charge in [-0.3, -0.25) is 9.59 Å². The second-order valence-corrected chi connectivity index (χ2v) is 3.98. The third kappa shape index (κ3) is 2.69. The number of carbonyl (C=O) groups is 2. The Kier molecular flexibility index (Phi) is 3.34. The van der Waals surface area contributed by atoms with Crippen molar-refractivity contribution in [1.29, 1.82) is 0 Å². The zero-order valence-electron chi connectivity index (χ0n) is 9.02. The average molecular weight is 218 g/mol. The first-order valence-corrected chi connectivity index (χ1v) is 5.53. The molecule has 0 N–H and O–H groups in total. The average Bonchev–Trinajstić information content (AvgIpc) is 2.73. The summed E-state index contributed by atoms with van der Waals surface area (Å²) in [6, 6.07) is 9.20. The minimum Gasteiger partial charge on any atom is -0.462 e. The molecule has 16 heavy (non-hydrogen) atoms. The van der Waals surface area contributed by atoms with Crippen molar-refractivity contribution >= 4 is 11.8 Å². The number of benzene rings is 1. The second kappa shape index (κ2) is 4.92. The highest BCUT2D eigenvalue weighted by Crippen LogP contribution is 2.19. The molecule has 0 saturated carbocycles. The van der Waals surface area contributed by atoms with E-state index in [9.17, 15) is 9.59 Å². The first-order chi connectivity index (χ1) is 7.75. The minimum atomic E-state index is -0.142. The van der Waals surface area contributed by atoms with Crippen LogP contribution < -0.4 is 0 Å². The van der Waals surface area contributed by atoms with Crippen LogP contribution in [-0.4, -0.2) is 17.9 Å². The topological polar surface area (TPSA) is 43.4 Å². The highest BCUT2D eigenvalue weighted by Gasteiger charge is 2.23. The van der Waals surface area contributed by atoms with Crippen LogP contribution in [0.2, 0.25) is 0 Å². The van der Waals surface area contributed by atoms with Gasteiger partial charge in [0.1, 0.15) is 6.10 Å². The number of Topliss-reactive ketones (excluding diaryl/α,β-unsaturated/α-hetero) is 1. The normalized spacial score (nSPS) is 19.5. The molecule has 3 heteroatoms. The quantitative estimate of drug-likeness (QED) is 0.575. The monoisotopic (exact) mass is 218 g/mol. The standard InChI is InChI=1S/C13H14O3/c14-12(10-4-2-1-3-5-10)8-6-11-7-9-13(15)16-11/h1-5,11H,6-9H2. The molecule has 2 rings (SSSR count). The van der Waals surface area contributed by atoms with Crippen molar-refractivity contribution < 1.29 is 14.3 Å². The van der Waals surface area contributed by atoms with Crippen molar-refractivity contribution in [2.45, 2.75) is 31.8 Å². The number of hydrogen-bond donors (Lipinski definition) is 0. The van der Waals surface area contributed by atoms with Crippen LogP contribution in [0, 0.1) is 0 Å². The van der Waals surface area contributed by atoms with E-state index in [2.05, 4.69) is 0 Å². The van der Waals surface area contributed by atoms with Gasteiger partial charge in [-0.15, -0.1) is 0 Å². The molecule has 1 aliphatic rings. The number of ether oxygens (including phenoxy) is 1. The lowest BCUT2D eigenvalue weighted by atomic mass is 10.0. The molecule has 0 aliphatic carbocycles. The van der Waals surface area contributed by atoms with Gasteiger partial charge < -0.3 is 4.74 Å². The largest absolute Gasteiger partial charge is 0.462 e. The highest BCUT2D eigenvalue weighted by molar-refractivity contribution is 5.96.